The van der Waals surface area contributed by atoms with Crippen LogP contribution in [-0.2, 0) is 7.05 Å². The maximum Gasteiger partial charge on any atom is 0.347 e. The molecule has 0 saturated carbocycles. The molecule has 0 aliphatic carbocycles. The number of nitrogens with one attached hydrogen (secondary N) is 1. The van der Waals surface area contributed by atoms with Gasteiger partial charge in [-0.25, -0.2) is 0 Å². The van der Waals surface area contributed by atoms with E-state index in [9.17, 15) is 10.1 Å². The average Bonchev–Trinajstić information content (AvgIpc) is 2.66. The standard InChI is InChI=1S/C11H12N4O2S/c1-12-10-9(15(16)17)11(18-14(10)2)13-8-6-4-3-5-7-8/h3-7,13H,1-2H3. The third-order valence-corrected chi connectivity index (χ3v) is 3.30. The van der Waals surface area contributed by atoms with Crippen LogP contribution in [0.4, 0.5) is 16.4 Å². The number of benzene rings is 1. The van der Waals surface area contributed by atoms with Crippen molar-refractivity contribution in [2.75, 3.05) is 12.4 Å². The average molecular weight is 264 g/mol. The third-order valence-electron chi connectivity index (χ3n) is 2.38. The molecule has 0 saturated heterocycles. The molecule has 2 rings (SSSR count). The second kappa shape index (κ2) is 5.01. The van der Waals surface area contributed by atoms with Crippen molar-refractivity contribution in [3.63, 3.8) is 0 Å². The fourth-order valence-corrected chi connectivity index (χ4v) is 2.56. The summed E-state index contributed by atoms with van der Waals surface area (Å²) in [6, 6.07) is 9.33. The van der Waals surface area contributed by atoms with Crippen molar-refractivity contribution in [3.05, 3.63) is 45.9 Å². The second-order valence-corrected chi connectivity index (χ2v) is 4.70. The first-order valence-corrected chi connectivity index (χ1v) is 6.00. The van der Waals surface area contributed by atoms with Gasteiger partial charge in [-0.3, -0.25) is 19.1 Å². The summed E-state index contributed by atoms with van der Waals surface area (Å²) in [6.07, 6.45) is 0. The molecule has 0 unspecified atom stereocenters. The highest BCUT2D eigenvalue weighted by Gasteiger charge is 2.22. The zero-order chi connectivity index (χ0) is 13.1. The maximum atomic E-state index is 11.1. The molecule has 0 aliphatic rings. The number of anilines is 2. The van der Waals surface area contributed by atoms with E-state index in [2.05, 4.69) is 10.3 Å². The number of nitrogens with zero attached hydrogens (tertiary/aromatic N) is 3. The SMILES string of the molecule is CN=c1c([N+](=O)[O-])c(Nc2ccccc2)sn1C. The first-order chi connectivity index (χ1) is 8.63. The smallest absolute Gasteiger partial charge is 0.340 e. The summed E-state index contributed by atoms with van der Waals surface area (Å²) < 4.78 is 1.67. The number of para-hydroxylation sites is 1. The molecule has 1 aromatic carbocycles. The van der Waals surface area contributed by atoms with Crippen molar-refractivity contribution in [1.29, 1.82) is 0 Å². The van der Waals surface area contributed by atoms with Gasteiger partial charge in [-0.1, -0.05) is 18.2 Å². The van der Waals surface area contributed by atoms with E-state index in [1.807, 2.05) is 30.3 Å². The first-order valence-electron chi connectivity index (χ1n) is 5.23. The Morgan fingerprint density at radius 1 is 1.39 bits per heavy atom. The van der Waals surface area contributed by atoms with Crippen LogP contribution in [-0.4, -0.2) is 15.9 Å². The molecule has 0 aliphatic heterocycles. The Balaban J connectivity index is 2.49. The molecule has 7 heteroatoms. The Bertz CT molecular complexity index is 630. The molecule has 1 aromatic heterocycles. The number of aryl methyl sites for hydroxylation is 1. The van der Waals surface area contributed by atoms with E-state index in [-0.39, 0.29) is 5.69 Å². The Hall–Kier alpha value is -2.15. The number of hydrogen-bond donors (Lipinski definition) is 1. The van der Waals surface area contributed by atoms with Gasteiger partial charge in [0.05, 0.1) is 4.92 Å². The third kappa shape index (κ3) is 2.25. The zero-order valence-electron chi connectivity index (χ0n) is 9.95. The first kappa shape index (κ1) is 12.3. The quantitative estimate of drug-likeness (QED) is 0.682. The van der Waals surface area contributed by atoms with E-state index in [1.54, 1.807) is 18.1 Å². The molecule has 1 N–H and O–H groups in total. The van der Waals surface area contributed by atoms with E-state index in [1.165, 1.54) is 11.5 Å². The van der Waals surface area contributed by atoms with E-state index in [0.29, 0.717) is 10.5 Å². The lowest BCUT2D eigenvalue weighted by molar-refractivity contribution is -0.385. The Morgan fingerprint density at radius 2 is 2.06 bits per heavy atom. The molecule has 0 atom stereocenters. The highest BCUT2D eigenvalue weighted by atomic mass is 32.1. The molecule has 94 valence electrons. The van der Waals surface area contributed by atoms with Gasteiger partial charge in [-0.2, -0.15) is 0 Å². The second-order valence-electron chi connectivity index (χ2n) is 3.56. The van der Waals surface area contributed by atoms with Crippen molar-refractivity contribution < 1.29 is 4.92 Å². The fourth-order valence-electron chi connectivity index (χ4n) is 1.62. The highest BCUT2D eigenvalue weighted by Crippen LogP contribution is 2.28. The van der Waals surface area contributed by atoms with E-state index in [0.717, 1.165) is 5.69 Å². The topological polar surface area (TPSA) is 72.5 Å². The largest absolute Gasteiger partial charge is 0.347 e. The Morgan fingerprint density at radius 3 is 2.61 bits per heavy atom. The minimum Gasteiger partial charge on any atom is -0.340 e. The van der Waals surface area contributed by atoms with Gasteiger partial charge in [0, 0.05) is 19.8 Å². The summed E-state index contributed by atoms with van der Waals surface area (Å²) in [5, 5.41) is 14.6. The lowest BCUT2D eigenvalue weighted by Gasteiger charge is -2.01. The highest BCUT2D eigenvalue weighted by molar-refractivity contribution is 7.11. The minimum absolute atomic E-state index is 0.00820. The van der Waals surface area contributed by atoms with Crippen molar-refractivity contribution >= 4 is 27.9 Å². The molecular formula is C11H12N4O2S. The summed E-state index contributed by atoms with van der Waals surface area (Å²) >= 11 is 1.26. The Labute approximate surface area is 108 Å². The number of rotatable bonds is 3. The lowest BCUT2D eigenvalue weighted by Crippen LogP contribution is -2.14. The Kier molecular flexibility index (Phi) is 3.42. The molecule has 0 radical (unpaired) electrons. The molecule has 0 fully saturated rings. The molecular weight excluding hydrogens is 252 g/mol. The molecule has 6 nitrogen and oxygen atoms in total. The van der Waals surface area contributed by atoms with Gasteiger partial charge >= 0.3 is 5.69 Å². The summed E-state index contributed by atoms with van der Waals surface area (Å²) in [5.74, 6) is 0. The van der Waals surface area contributed by atoms with Gasteiger partial charge in [-0.05, 0) is 23.7 Å². The summed E-state index contributed by atoms with van der Waals surface area (Å²) in [6.45, 7) is 0. The summed E-state index contributed by atoms with van der Waals surface area (Å²) in [5.41, 5.74) is 1.18. The predicted octanol–water partition coefficient (Wildman–Crippen LogP) is 2.27. The van der Waals surface area contributed by atoms with Crippen LogP contribution in [0.1, 0.15) is 0 Å². The zero-order valence-corrected chi connectivity index (χ0v) is 10.8. The van der Waals surface area contributed by atoms with Crippen LogP contribution >= 0.6 is 11.5 Å². The van der Waals surface area contributed by atoms with Crippen LogP contribution in [0.25, 0.3) is 0 Å². The van der Waals surface area contributed by atoms with Gasteiger partial charge in [-0.15, -0.1) is 0 Å². The van der Waals surface area contributed by atoms with Crippen molar-refractivity contribution in [2.45, 2.75) is 0 Å². The van der Waals surface area contributed by atoms with Crippen LogP contribution in [0, 0.1) is 10.1 Å². The summed E-state index contributed by atoms with van der Waals surface area (Å²) in [4.78, 5) is 14.6. The van der Waals surface area contributed by atoms with Crippen LogP contribution in [0.2, 0.25) is 0 Å². The molecule has 2 aromatic rings. The molecule has 18 heavy (non-hydrogen) atoms. The molecule has 0 bridgehead atoms. The maximum absolute atomic E-state index is 11.1. The number of aromatic nitrogens is 1. The summed E-state index contributed by atoms with van der Waals surface area (Å²) in [7, 11) is 3.29. The molecule has 1 heterocycles. The number of nitro groups is 1. The number of hydrogen-bond acceptors (Lipinski definition) is 5. The van der Waals surface area contributed by atoms with Crippen molar-refractivity contribution in [2.24, 2.45) is 12.0 Å². The van der Waals surface area contributed by atoms with Crippen LogP contribution < -0.4 is 10.8 Å². The monoisotopic (exact) mass is 264 g/mol. The van der Waals surface area contributed by atoms with Crippen LogP contribution in [0.15, 0.2) is 35.3 Å². The fraction of sp³-hybridized carbons (Fsp3) is 0.182. The van der Waals surface area contributed by atoms with E-state index >= 15 is 0 Å². The molecule has 0 spiro atoms. The van der Waals surface area contributed by atoms with Crippen LogP contribution in [0.3, 0.4) is 0 Å². The molecule has 0 amide bonds. The van der Waals surface area contributed by atoms with Gasteiger partial charge in [0.25, 0.3) is 0 Å². The predicted molar refractivity (Wildman–Crippen MR) is 71.2 cm³/mol. The minimum atomic E-state index is -0.413. The van der Waals surface area contributed by atoms with Gasteiger partial charge < -0.3 is 5.32 Å². The van der Waals surface area contributed by atoms with Gasteiger partial charge in [0.1, 0.15) is 0 Å². The van der Waals surface area contributed by atoms with Gasteiger partial charge in [0.15, 0.2) is 5.00 Å². The normalized spacial score (nSPS) is 11.6. The van der Waals surface area contributed by atoms with E-state index < -0.39 is 4.92 Å². The van der Waals surface area contributed by atoms with Gasteiger partial charge in [0.2, 0.25) is 5.49 Å². The van der Waals surface area contributed by atoms with E-state index in [4.69, 9.17) is 0 Å². The van der Waals surface area contributed by atoms with Crippen molar-refractivity contribution in [1.82, 2.24) is 3.96 Å². The van der Waals surface area contributed by atoms with Crippen molar-refractivity contribution in [3.8, 4) is 0 Å². The lowest BCUT2D eigenvalue weighted by atomic mass is 10.3. The van der Waals surface area contributed by atoms with Crippen LogP contribution in [0.5, 0.6) is 0 Å².